The van der Waals surface area contributed by atoms with Crippen molar-refractivity contribution in [3.63, 3.8) is 0 Å². The number of carbonyl (C=O) groups is 3. The Bertz CT molecular complexity index is 2050. The van der Waals surface area contributed by atoms with Crippen LogP contribution in [0, 0.1) is 23.2 Å². The van der Waals surface area contributed by atoms with Gasteiger partial charge in [0.1, 0.15) is 12.1 Å². The molecule has 2 saturated carbocycles. The quantitative estimate of drug-likeness (QED) is 0.237. The molecule has 52 heavy (non-hydrogen) atoms. The molecular formula is C40H48N6O5S. The van der Waals surface area contributed by atoms with Crippen molar-refractivity contribution >= 4 is 40.0 Å². The number of methoxy groups -OCH3 is 1. The number of aryl methyl sites for hydroxylation is 1. The molecule has 2 N–H and O–H groups in total. The van der Waals surface area contributed by atoms with Gasteiger partial charge in [0.2, 0.25) is 5.91 Å². The van der Waals surface area contributed by atoms with Crippen LogP contribution in [0.2, 0.25) is 0 Å². The van der Waals surface area contributed by atoms with Gasteiger partial charge in [-0.3, -0.25) is 24.4 Å². The number of hydrogen-bond acceptors (Lipinski definition) is 9. The van der Waals surface area contributed by atoms with E-state index in [1.807, 2.05) is 24.6 Å². The molecule has 2 amide bonds. The molecule has 274 valence electrons. The minimum Gasteiger partial charge on any atom is -0.464 e. The van der Waals surface area contributed by atoms with Gasteiger partial charge >= 0.3 is 5.97 Å². The van der Waals surface area contributed by atoms with Crippen LogP contribution in [0.3, 0.4) is 0 Å². The molecule has 5 unspecified atom stereocenters. The molecule has 8 bridgehead atoms. The van der Waals surface area contributed by atoms with Crippen LogP contribution in [0.1, 0.15) is 76.3 Å². The predicted octanol–water partition coefficient (Wildman–Crippen LogP) is 5.86. The first-order valence-electron chi connectivity index (χ1n) is 18.6. The Kier molecular flexibility index (Phi) is 8.98. The molecule has 5 aliphatic rings. The van der Waals surface area contributed by atoms with Crippen LogP contribution in [0.5, 0.6) is 0 Å². The summed E-state index contributed by atoms with van der Waals surface area (Å²) in [6.07, 6.45) is 4.75. The van der Waals surface area contributed by atoms with Gasteiger partial charge in [-0.2, -0.15) is 0 Å². The lowest BCUT2D eigenvalue weighted by Crippen LogP contribution is -2.71. The number of fused-ring (bicyclic) bond motifs is 4. The van der Waals surface area contributed by atoms with Gasteiger partial charge in [-0.05, 0) is 81.2 Å². The summed E-state index contributed by atoms with van der Waals surface area (Å²) in [6, 6.07) is 9.10. The second kappa shape index (κ2) is 13.4. The molecule has 3 aromatic heterocycles. The first kappa shape index (κ1) is 34.9. The number of cyclic esters (lactones) is 1. The van der Waals surface area contributed by atoms with E-state index in [0.29, 0.717) is 12.3 Å². The van der Waals surface area contributed by atoms with E-state index in [0.717, 1.165) is 75.5 Å². The van der Waals surface area contributed by atoms with Crippen LogP contribution in [0.4, 0.5) is 0 Å². The van der Waals surface area contributed by atoms with Gasteiger partial charge in [0.25, 0.3) is 5.91 Å². The molecule has 5 atom stereocenters. The number of rotatable bonds is 6. The van der Waals surface area contributed by atoms with Gasteiger partial charge in [0.15, 0.2) is 0 Å². The van der Waals surface area contributed by atoms with Crippen molar-refractivity contribution in [2.75, 3.05) is 13.7 Å². The maximum Gasteiger partial charge on any atom is 0.325 e. The van der Waals surface area contributed by atoms with Gasteiger partial charge in [0.05, 0.1) is 34.8 Å². The number of hydrogen-bond donors (Lipinski definition) is 2. The molecule has 9 rings (SSSR count). The van der Waals surface area contributed by atoms with Crippen molar-refractivity contribution in [1.82, 2.24) is 30.3 Å². The summed E-state index contributed by atoms with van der Waals surface area (Å²) in [4.78, 5) is 51.1. The third kappa shape index (κ3) is 6.22. The standard InChI is InChI=1S/C40H48N6O5S/c1-7-45-32-11-10-23-16-28(32)29(36(45)26-9-8-12-41-34(26)22(3)50-6)18-40(4,5)20-51-39(49)35-24-14-25(15-24)46(44-35)38(48)30(17-33-42-31(23)19-52-33)43-37(47)27-13-21(27)2/h8-12,16,19,21-22,24-25,27,30,35,44H,7,13-15,17-18,20H2,1-6H3,(H,43,47). The molecule has 0 radical (unpaired) electrons. The monoisotopic (exact) mass is 724 g/mol. The van der Waals surface area contributed by atoms with Crippen LogP contribution in [-0.2, 0) is 43.2 Å². The highest BCUT2D eigenvalue weighted by Gasteiger charge is 2.51. The lowest BCUT2D eigenvalue weighted by Gasteiger charge is -2.53. The molecule has 2 aliphatic carbocycles. The number of pyridine rings is 1. The minimum atomic E-state index is -0.808. The number of ether oxygens (including phenoxy) is 2. The van der Waals surface area contributed by atoms with Crippen LogP contribution in [-0.4, -0.2) is 69.2 Å². The largest absolute Gasteiger partial charge is 0.464 e. The van der Waals surface area contributed by atoms with E-state index in [4.69, 9.17) is 19.4 Å². The average molecular weight is 725 g/mol. The van der Waals surface area contributed by atoms with Gasteiger partial charge < -0.3 is 19.4 Å². The lowest BCUT2D eigenvalue weighted by atomic mass is 9.73. The summed E-state index contributed by atoms with van der Waals surface area (Å²) in [7, 11) is 1.70. The first-order chi connectivity index (χ1) is 25.0. The maximum atomic E-state index is 14.2. The summed E-state index contributed by atoms with van der Waals surface area (Å²) in [6.45, 7) is 11.4. The van der Waals surface area contributed by atoms with Crippen LogP contribution in [0.15, 0.2) is 41.9 Å². The lowest BCUT2D eigenvalue weighted by molar-refractivity contribution is -0.171. The molecule has 1 aromatic carbocycles. The number of hydrazine groups is 1. The molecule has 4 fully saturated rings. The summed E-state index contributed by atoms with van der Waals surface area (Å²) in [5.74, 6) is -0.371. The Morgan fingerprint density at radius 3 is 2.73 bits per heavy atom. The van der Waals surface area contributed by atoms with E-state index in [9.17, 15) is 14.4 Å². The third-order valence-corrected chi connectivity index (χ3v) is 12.5. The van der Waals surface area contributed by atoms with Crippen molar-refractivity contribution < 1.29 is 23.9 Å². The highest BCUT2D eigenvalue weighted by Crippen LogP contribution is 2.43. The third-order valence-electron chi connectivity index (χ3n) is 11.6. The molecular weight excluding hydrogens is 677 g/mol. The van der Waals surface area contributed by atoms with Crippen molar-refractivity contribution in [2.24, 2.45) is 23.2 Å². The van der Waals surface area contributed by atoms with Gasteiger partial charge in [-0.1, -0.05) is 26.8 Å². The van der Waals surface area contributed by atoms with Crippen LogP contribution < -0.4 is 10.7 Å². The normalized spacial score (nSPS) is 27.4. The van der Waals surface area contributed by atoms with Gasteiger partial charge in [-0.15, -0.1) is 11.3 Å². The summed E-state index contributed by atoms with van der Waals surface area (Å²) >= 11 is 1.50. The van der Waals surface area contributed by atoms with E-state index >= 15 is 0 Å². The zero-order valence-corrected chi connectivity index (χ0v) is 31.6. The van der Waals surface area contributed by atoms with Crippen molar-refractivity contribution in [2.45, 2.75) is 97.5 Å². The van der Waals surface area contributed by atoms with Crippen molar-refractivity contribution in [3.8, 4) is 22.5 Å². The Morgan fingerprint density at radius 1 is 1.21 bits per heavy atom. The topological polar surface area (TPSA) is 128 Å². The van der Waals surface area contributed by atoms with Gasteiger partial charge in [0, 0.05) is 71.1 Å². The zero-order valence-electron chi connectivity index (χ0n) is 30.8. The molecule has 0 spiro atoms. The van der Waals surface area contributed by atoms with E-state index < -0.39 is 17.5 Å². The molecule has 11 nitrogen and oxygen atoms in total. The number of thiazole rings is 1. The molecule has 12 heteroatoms. The summed E-state index contributed by atoms with van der Waals surface area (Å²) < 4.78 is 14.3. The fraction of sp³-hybridized carbons (Fsp3) is 0.525. The fourth-order valence-corrected chi connectivity index (χ4v) is 9.20. The fourth-order valence-electron chi connectivity index (χ4n) is 8.35. The van der Waals surface area contributed by atoms with E-state index in [2.05, 4.69) is 67.3 Å². The molecule has 3 aliphatic heterocycles. The average Bonchev–Trinajstić information content (AvgIpc) is 3.55. The number of esters is 1. The van der Waals surface area contributed by atoms with E-state index in [1.165, 1.54) is 11.3 Å². The molecule has 6 heterocycles. The van der Waals surface area contributed by atoms with E-state index in [1.54, 1.807) is 12.1 Å². The number of aromatic nitrogens is 3. The number of amides is 2. The minimum absolute atomic E-state index is 0.0286. The second-order valence-electron chi connectivity index (χ2n) is 16.0. The summed E-state index contributed by atoms with van der Waals surface area (Å²) in [5.41, 5.74) is 9.82. The van der Waals surface area contributed by atoms with Crippen LogP contribution in [0.25, 0.3) is 33.4 Å². The number of benzene rings is 1. The molecule has 2 saturated heterocycles. The van der Waals surface area contributed by atoms with E-state index in [-0.39, 0.29) is 54.8 Å². The SMILES string of the molecule is CCn1c(-c2cccnc2C(C)OC)c2c3cc(ccc31)-c1csc(n1)CC(NC(=O)C1CC1C)C(=O)N1NC(C(=O)OCC(C)(C)C2)C2CC1C2. The Labute approximate surface area is 308 Å². The van der Waals surface area contributed by atoms with Gasteiger partial charge in [-0.25, -0.2) is 10.4 Å². The Morgan fingerprint density at radius 2 is 2.00 bits per heavy atom. The van der Waals surface area contributed by atoms with Crippen molar-refractivity contribution in [3.05, 3.63) is 58.2 Å². The maximum absolute atomic E-state index is 14.2. The Hall–Kier alpha value is -4.13. The zero-order chi connectivity index (χ0) is 36.5. The highest BCUT2D eigenvalue weighted by atomic mass is 32.1. The number of nitrogens with one attached hydrogen (secondary N) is 2. The number of nitrogens with zero attached hydrogens (tertiary/aromatic N) is 4. The Balaban J connectivity index is 1.25. The number of carbonyl (C=O) groups excluding carboxylic acids is 3. The van der Waals surface area contributed by atoms with Crippen molar-refractivity contribution in [1.29, 1.82) is 0 Å². The summed E-state index contributed by atoms with van der Waals surface area (Å²) in [5, 5.41) is 8.58. The predicted molar refractivity (Wildman–Crippen MR) is 199 cm³/mol. The highest BCUT2D eigenvalue weighted by molar-refractivity contribution is 7.10. The smallest absolute Gasteiger partial charge is 0.325 e. The second-order valence-corrected chi connectivity index (χ2v) is 16.9. The first-order valence-corrected chi connectivity index (χ1v) is 19.5. The van der Waals surface area contributed by atoms with Crippen LogP contribution >= 0.6 is 11.3 Å². The molecule has 4 aromatic rings.